The van der Waals surface area contributed by atoms with E-state index in [1.807, 2.05) is 18.2 Å². The predicted octanol–water partition coefficient (Wildman–Crippen LogP) is 2.49. The zero-order chi connectivity index (χ0) is 17.4. The summed E-state index contributed by atoms with van der Waals surface area (Å²) in [5.74, 6) is -0.393. The number of hydrogen-bond donors (Lipinski definition) is 1. The summed E-state index contributed by atoms with van der Waals surface area (Å²) >= 11 is 0. The van der Waals surface area contributed by atoms with Gasteiger partial charge in [0.2, 0.25) is 0 Å². The molecule has 3 aromatic rings. The maximum absolute atomic E-state index is 12.5. The number of ether oxygens (including phenoxy) is 1. The van der Waals surface area contributed by atoms with E-state index in [0.717, 1.165) is 24.8 Å². The van der Waals surface area contributed by atoms with Crippen molar-refractivity contribution in [3.05, 3.63) is 69.3 Å². The molecule has 1 atom stereocenters. The van der Waals surface area contributed by atoms with E-state index in [1.165, 1.54) is 10.1 Å². The molecule has 128 valence electrons. The Hall–Kier alpha value is -2.89. The number of H-pyrrole nitrogens is 1. The lowest BCUT2D eigenvalue weighted by Gasteiger charge is -2.25. The van der Waals surface area contributed by atoms with Crippen molar-refractivity contribution in [3.8, 4) is 0 Å². The summed E-state index contributed by atoms with van der Waals surface area (Å²) in [7, 11) is 0. The molecule has 2 aromatic heterocycles. The number of rotatable bonds is 3. The fraction of sp³-hybridized carbons (Fsp3) is 0.316. The summed E-state index contributed by atoms with van der Waals surface area (Å²) < 4.78 is 7.04. The summed E-state index contributed by atoms with van der Waals surface area (Å²) in [4.78, 5) is 29.3. The first kappa shape index (κ1) is 15.6. The fourth-order valence-electron chi connectivity index (χ4n) is 3.49. The van der Waals surface area contributed by atoms with E-state index in [1.54, 1.807) is 19.2 Å². The summed E-state index contributed by atoms with van der Waals surface area (Å²) in [5, 5.41) is 2.81. The van der Waals surface area contributed by atoms with Gasteiger partial charge in [-0.15, -0.1) is 0 Å². The van der Waals surface area contributed by atoms with Crippen LogP contribution < -0.4 is 5.56 Å². The quantitative estimate of drug-likeness (QED) is 0.745. The molecular weight excluding hydrogens is 318 g/mol. The van der Waals surface area contributed by atoms with Crippen LogP contribution in [0, 0.1) is 6.92 Å². The minimum Gasteiger partial charge on any atom is -0.457 e. The van der Waals surface area contributed by atoms with Crippen molar-refractivity contribution < 1.29 is 9.53 Å². The Morgan fingerprint density at radius 1 is 1.36 bits per heavy atom. The van der Waals surface area contributed by atoms with Crippen LogP contribution >= 0.6 is 0 Å². The van der Waals surface area contributed by atoms with Gasteiger partial charge in [-0.2, -0.15) is 0 Å². The maximum Gasteiger partial charge on any atom is 0.311 e. The molecule has 0 unspecified atom stereocenters. The highest BCUT2D eigenvalue weighted by atomic mass is 16.5. The van der Waals surface area contributed by atoms with Crippen molar-refractivity contribution in [1.29, 1.82) is 0 Å². The summed E-state index contributed by atoms with van der Waals surface area (Å²) in [6.45, 7) is 1.74. The van der Waals surface area contributed by atoms with Crippen molar-refractivity contribution in [3.63, 3.8) is 0 Å². The minimum atomic E-state index is -0.393. The molecule has 0 bridgehead atoms. The highest BCUT2D eigenvalue weighted by molar-refractivity contribution is 5.73. The zero-order valence-electron chi connectivity index (χ0n) is 14.0. The van der Waals surface area contributed by atoms with E-state index in [0.29, 0.717) is 16.9 Å². The molecule has 2 heterocycles. The molecule has 0 fully saturated rings. The number of nitrogens with one attached hydrogen (secondary N) is 1. The average Bonchev–Trinajstić information content (AvgIpc) is 3.07. The highest BCUT2D eigenvalue weighted by Crippen LogP contribution is 2.32. The molecule has 1 aliphatic rings. The second-order valence-electron chi connectivity index (χ2n) is 6.38. The second-order valence-corrected chi connectivity index (χ2v) is 6.38. The largest absolute Gasteiger partial charge is 0.457 e. The van der Waals surface area contributed by atoms with E-state index in [9.17, 15) is 9.59 Å². The number of esters is 1. The predicted molar refractivity (Wildman–Crippen MR) is 92.5 cm³/mol. The average molecular weight is 337 g/mol. The maximum atomic E-state index is 12.5. The first-order valence-corrected chi connectivity index (χ1v) is 8.46. The lowest BCUT2D eigenvalue weighted by atomic mass is 9.89. The van der Waals surface area contributed by atoms with Gasteiger partial charge in [-0.3, -0.25) is 14.7 Å². The Labute approximate surface area is 144 Å². The number of nitrogens with zero attached hydrogens (tertiary/aromatic N) is 2. The fourth-order valence-corrected chi connectivity index (χ4v) is 3.49. The SMILES string of the molecule is Cc1nc2cc[nH]n2c(=O)c1CC(=O)O[C@@H]1CCCc2ccccc21. The van der Waals surface area contributed by atoms with Crippen LogP contribution in [0.1, 0.15) is 41.3 Å². The molecule has 1 aromatic carbocycles. The van der Waals surface area contributed by atoms with Crippen molar-refractivity contribution in [1.82, 2.24) is 14.6 Å². The number of carbonyl (C=O) groups is 1. The van der Waals surface area contributed by atoms with Gasteiger partial charge in [-0.1, -0.05) is 24.3 Å². The van der Waals surface area contributed by atoms with Crippen molar-refractivity contribution in [2.75, 3.05) is 0 Å². The summed E-state index contributed by atoms with van der Waals surface area (Å²) in [6.07, 6.45) is 4.16. The van der Waals surface area contributed by atoms with Gasteiger partial charge < -0.3 is 4.74 Å². The molecule has 0 radical (unpaired) electrons. The number of hydrogen-bond acceptors (Lipinski definition) is 4. The molecule has 6 heteroatoms. The van der Waals surface area contributed by atoms with E-state index in [4.69, 9.17) is 4.74 Å². The van der Waals surface area contributed by atoms with Crippen LogP contribution in [0.3, 0.4) is 0 Å². The number of aryl methyl sites for hydroxylation is 2. The summed E-state index contributed by atoms with van der Waals surface area (Å²) in [6, 6.07) is 9.78. The van der Waals surface area contributed by atoms with Crippen LogP contribution in [0.5, 0.6) is 0 Å². The lowest BCUT2D eigenvalue weighted by molar-refractivity contribution is -0.149. The van der Waals surface area contributed by atoms with Crippen LogP contribution in [0.2, 0.25) is 0 Å². The Bertz CT molecular complexity index is 1000. The van der Waals surface area contributed by atoms with Gasteiger partial charge in [0.05, 0.1) is 12.0 Å². The van der Waals surface area contributed by atoms with E-state index < -0.39 is 5.97 Å². The van der Waals surface area contributed by atoms with Gasteiger partial charge in [0.1, 0.15) is 6.10 Å². The first-order valence-electron chi connectivity index (χ1n) is 8.46. The van der Waals surface area contributed by atoms with Gasteiger partial charge in [0, 0.05) is 18.0 Å². The highest BCUT2D eigenvalue weighted by Gasteiger charge is 2.24. The van der Waals surface area contributed by atoms with Gasteiger partial charge in [-0.25, -0.2) is 9.50 Å². The third-order valence-corrected chi connectivity index (χ3v) is 4.75. The molecule has 4 rings (SSSR count). The number of aromatic amines is 1. The molecule has 25 heavy (non-hydrogen) atoms. The van der Waals surface area contributed by atoms with E-state index >= 15 is 0 Å². The molecule has 0 amide bonds. The van der Waals surface area contributed by atoms with Gasteiger partial charge >= 0.3 is 5.97 Å². The molecule has 0 saturated heterocycles. The molecule has 0 spiro atoms. The third-order valence-electron chi connectivity index (χ3n) is 4.75. The van der Waals surface area contributed by atoms with Crippen LogP contribution in [0.4, 0.5) is 0 Å². The molecule has 1 N–H and O–H groups in total. The van der Waals surface area contributed by atoms with Crippen LogP contribution in [0.25, 0.3) is 5.65 Å². The van der Waals surface area contributed by atoms with Crippen LogP contribution in [0.15, 0.2) is 41.3 Å². The topological polar surface area (TPSA) is 76.5 Å². The second kappa shape index (κ2) is 6.20. The van der Waals surface area contributed by atoms with Crippen LogP contribution in [-0.4, -0.2) is 20.6 Å². The third kappa shape index (κ3) is 2.84. The Morgan fingerprint density at radius 3 is 3.08 bits per heavy atom. The Morgan fingerprint density at radius 2 is 2.20 bits per heavy atom. The lowest BCUT2D eigenvalue weighted by Crippen LogP contribution is -2.26. The number of carbonyl (C=O) groups excluding carboxylic acids is 1. The molecule has 1 aliphatic carbocycles. The smallest absolute Gasteiger partial charge is 0.311 e. The number of fused-ring (bicyclic) bond motifs is 2. The van der Waals surface area contributed by atoms with E-state index in [-0.39, 0.29) is 18.1 Å². The van der Waals surface area contributed by atoms with Crippen molar-refractivity contribution in [2.24, 2.45) is 0 Å². The molecule has 6 nitrogen and oxygen atoms in total. The van der Waals surface area contributed by atoms with E-state index in [2.05, 4.69) is 16.1 Å². The van der Waals surface area contributed by atoms with Gasteiger partial charge in [0.25, 0.3) is 5.56 Å². The van der Waals surface area contributed by atoms with Crippen LogP contribution in [-0.2, 0) is 22.4 Å². The van der Waals surface area contributed by atoms with Gasteiger partial charge in [-0.05, 0) is 37.3 Å². The molecule has 0 aliphatic heterocycles. The van der Waals surface area contributed by atoms with Crippen molar-refractivity contribution >= 4 is 11.6 Å². The number of aromatic nitrogens is 3. The Kier molecular flexibility index (Phi) is 3.87. The standard InChI is InChI=1S/C19H19N3O3/c1-12-15(19(24)22-17(21-12)9-10-20-22)11-18(23)25-16-8-4-6-13-5-2-3-7-14(13)16/h2-3,5,7,9-10,16,20H,4,6,8,11H2,1H3/t16-/m1/s1. The molecular formula is C19H19N3O3. The summed E-state index contributed by atoms with van der Waals surface area (Å²) in [5.41, 5.74) is 3.53. The Balaban J connectivity index is 1.57. The molecule has 0 saturated carbocycles. The zero-order valence-corrected chi connectivity index (χ0v) is 14.0. The monoisotopic (exact) mass is 337 g/mol. The number of benzene rings is 1. The minimum absolute atomic E-state index is 0.0711. The van der Waals surface area contributed by atoms with Gasteiger partial charge in [0.15, 0.2) is 5.65 Å². The van der Waals surface area contributed by atoms with Crippen molar-refractivity contribution in [2.45, 2.75) is 38.7 Å². The normalized spacial score (nSPS) is 16.6. The first-order chi connectivity index (χ1) is 12.1.